The average molecular weight is 312 g/mol. The summed E-state index contributed by atoms with van der Waals surface area (Å²) in [5, 5.41) is 0. The van der Waals surface area contributed by atoms with Gasteiger partial charge in [-0.3, -0.25) is 0 Å². The van der Waals surface area contributed by atoms with Crippen LogP contribution in [0.15, 0.2) is 35.1 Å². The smallest absolute Gasteiger partial charge is 0.321 e. The van der Waals surface area contributed by atoms with E-state index in [1.807, 2.05) is 0 Å². The number of hydrogen-bond donors (Lipinski definition) is 1. The van der Waals surface area contributed by atoms with Crippen LogP contribution in [0.25, 0.3) is 0 Å². The molecule has 1 aromatic heterocycles. The summed E-state index contributed by atoms with van der Waals surface area (Å²) in [6.45, 7) is 0.532. The average Bonchev–Trinajstić information content (AvgIpc) is 2.37. The third-order valence-electron chi connectivity index (χ3n) is 2.21. The summed E-state index contributed by atoms with van der Waals surface area (Å²) in [4.78, 5) is 7.99. The van der Waals surface area contributed by atoms with Crippen molar-refractivity contribution in [3.8, 4) is 11.8 Å². The Balaban J connectivity index is 2.15. The lowest BCUT2D eigenvalue weighted by molar-refractivity contribution is 0.410. The molecule has 0 aliphatic carbocycles. The first-order valence-corrected chi connectivity index (χ1v) is 6.12. The number of nitrogens with two attached hydrogens (primary N) is 1. The fourth-order valence-electron chi connectivity index (χ4n) is 1.35. The zero-order valence-corrected chi connectivity index (χ0v) is 11.0. The zero-order chi connectivity index (χ0) is 13.0. The summed E-state index contributed by atoms with van der Waals surface area (Å²) in [5.74, 6) is -0.385. The van der Waals surface area contributed by atoms with Crippen LogP contribution in [-0.4, -0.2) is 16.5 Å². The highest BCUT2D eigenvalue weighted by Crippen LogP contribution is 2.25. The van der Waals surface area contributed by atoms with Crippen LogP contribution in [0, 0.1) is 5.82 Å². The standard InChI is InChI=1S/C12H11BrFN3O/c13-9-1-2-10(14)11(5-9)18-12-16-6-8(3-4-15)7-17-12/h1-2,5-7H,3-4,15H2. The van der Waals surface area contributed by atoms with Crippen molar-refractivity contribution in [2.24, 2.45) is 5.73 Å². The lowest BCUT2D eigenvalue weighted by Gasteiger charge is -2.05. The van der Waals surface area contributed by atoms with Crippen molar-refractivity contribution in [3.05, 3.63) is 46.4 Å². The molecular weight excluding hydrogens is 301 g/mol. The molecule has 1 aromatic carbocycles. The number of aromatic nitrogens is 2. The van der Waals surface area contributed by atoms with Crippen LogP contribution in [0.1, 0.15) is 5.56 Å². The number of benzene rings is 1. The van der Waals surface area contributed by atoms with E-state index in [0.717, 1.165) is 10.0 Å². The SMILES string of the molecule is NCCc1cnc(Oc2cc(Br)ccc2F)nc1. The molecule has 0 radical (unpaired) electrons. The molecule has 0 spiro atoms. The van der Waals surface area contributed by atoms with Crippen molar-refractivity contribution in [3.63, 3.8) is 0 Å². The Morgan fingerprint density at radius 1 is 1.28 bits per heavy atom. The van der Waals surface area contributed by atoms with Gasteiger partial charge in [-0.25, -0.2) is 14.4 Å². The van der Waals surface area contributed by atoms with E-state index in [0.29, 0.717) is 13.0 Å². The van der Waals surface area contributed by atoms with Crippen molar-refractivity contribution in [1.82, 2.24) is 9.97 Å². The molecule has 0 fully saturated rings. The van der Waals surface area contributed by atoms with E-state index < -0.39 is 5.82 Å². The van der Waals surface area contributed by atoms with Gasteiger partial charge in [0, 0.05) is 16.9 Å². The van der Waals surface area contributed by atoms with Crippen molar-refractivity contribution in [2.45, 2.75) is 6.42 Å². The molecule has 1 heterocycles. The third kappa shape index (κ3) is 3.24. The van der Waals surface area contributed by atoms with Gasteiger partial charge in [0.1, 0.15) is 0 Å². The molecule has 18 heavy (non-hydrogen) atoms. The molecule has 0 aliphatic heterocycles. The Bertz CT molecular complexity index is 533. The summed E-state index contributed by atoms with van der Waals surface area (Å²) in [7, 11) is 0. The van der Waals surface area contributed by atoms with Gasteiger partial charge in [-0.1, -0.05) is 15.9 Å². The number of ether oxygens (including phenoxy) is 1. The molecule has 0 saturated heterocycles. The Morgan fingerprint density at radius 2 is 2.00 bits per heavy atom. The van der Waals surface area contributed by atoms with Crippen LogP contribution in [0.5, 0.6) is 11.8 Å². The van der Waals surface area contributed by atoms with E-state index in [1.54, 1.807) is 18.5 Å². The van der Waals surface area contributed by atoms with Crippen molar-refractivity contribution >= 4 is 15.9 Å². The zero-order valence-electron chi connectivity index (χ0n) is 9.44. The maximum atomic E-state index is 13.4. The summed E-state index contributed by atoms with van der Waals surface area (Å²) >= 11 is 3.24. The topological polar surface area (TPSA) is 61.0 Å². The Labute approximate surface area is 112 Å². The summed E-state index contributed by atoms with van der Waals surface area (Å²) in [5.41, 5.74) is 6.33. The predicted octanol–water partition coefficient (Wildman–Crippen LogP) is 2.67. The van der Waals surface area contributed by atoms with Gasteiger partial charge >= 0.3 is 6.01 Å². The predicted molar refractivity (Wildman–Crippen MR) is 69.0 cm³/mol. The first-order valence-electron chi connectivity index (χ1n) is 5.33. The van der Waals surface area contributed by atoms with Gasteiger partial charge in [-0.15, -0.1) is 0 Å². The van der Waals surface area contributed by atoms with Gasteiger partial charge in [-0.2, -0.15) is 0 Å². The Morgan fingerprint density at radius 3 is 2.67 bits per heavy atom. The van der Waals surface area contributed by atoms with E-state index in [1.165, 1.54) is 12.1 Å². The molecule has 2 aromatic rings. The second-order valence-electron chi connectivity index (χ2n) is 3.59. The number of rotatable bonds is 4. The molecule has 0 atom stereocenters. The lowest BCUT2D eigenvalue weighted by atomic mass is 10.2. The molecule has 4 nitrogen and oxygen atoms in total. The van der Waals surface area contributed by atoms with Crippen molar-refractivity contribution in [2.75, 3.05) is 6.54 Å². The highest BCUT2D eigenvalue weighted by atomic mass is 79.9. The monoisotopic (exact) mass is 311 g/mol. The molecule has 0 aliphatic rings. The minimum atomic E-state index is -0.465. The molecule has 2 N–H and O–H groups in total. The van der Waals surface area contributed by atoms with Gasteiger partial charge in [0.2, 0.25) is 0 Å². The molecular formula is C12H11BrFN3O. The van der Waals surface area contributed by atoms with Crippen LogP contribution in [0.4, 0.5) is 4.39 Å². The van der Waals surface area contributed by atoms with Crippen LogP contribution in [-0.2, 0) is 6.42 Å². The first-order chi connectivity index (χ1) is 8.69. The minimum Gasteiger partial charge on any atom is -0.421 e. The fourth-order valence-corrected chi connectivity index (χ4v) is 1.69. The van der Waals surface area contributed by atoms with E-state index >= 15 is 0 Å². The van der Waals surface area contributed by atoms with Crippen LogP contribution in [0.2, 0.25) is 0 Å². The minimum absolute atomic E-state index is 0.0796. The summed E-state index contributed by atoms with van der Waals surface area (Å²) < 4.78 is 19.4. The maximum Gasteiger partial charge on any atom is 0.321 e. The largest absolute Gasteiger partial charge is 0.421 e. The third-order valence-corrected chi connectivity index (χ3v) is 2.70. The summed E-state index contributed by atoms with van der Waals surface area (Å²) in [6, 6.07) is 4.52. The number of nitrogens with zero attached hydrogens (tertiary/aromatic N) is 2. The molecule has 2 rings (SSSR count). The normalized spacial score (nSPS) is 10.4. The van der Waals surface area contributed by atoms with Crippen LogP contribution < -0.4 is 10.5 Å². The quantitative estimate of drug-likeness (QED) is 0.943. The van der Waals surface area contributed by atoms with E-state index in [2.05, 4.69) is 25.9 Å². The number of hydrogen-bond acceptors (Lipinski definition) is 4. The van der Waals surface area contributed by atoms with Gasteiger partial charge in [-0.05, 0) is 36.7 Å². The highest BCUT2D eigenvalue weighted by molar-refractivity contribution is 9.10. The van der Waals surface area contributed by atoms with Gasteiger partial charge in [0.25, 0.3) is 0 Å². The van der Waals surface area contributed by atoms with E-state index in [9.17, 15) is 4.39 Å². The van der Waals surface area contributed by atoms with Crippen molar-refractivity contribution in [1.29, 1.82) is 0 Å². The highest BCUT2D eigenvalue weighted by Gasteiger charge is 2.07. The van der Waals surface area contributed by atoms with Gasteiger partial charge < -0.3 is 10.5 Å². The Hall–Kier alpha value is -1.53. The Kier molecular flexibility index (Phi) is 4.22. The summed E-state index contributed by atoms with van der Waals surface area (Å²) in [6.07, 6.45) is 3.93. The second kappa shape index (κ2) is 5.88. The molecule has 0 saturated carbocycles. The molecule has 0 unspecified atom stereocenters. The van der Waals surface area contributed by atoms with Gasteiger partial charge in [0.15, 0.2) is 11.6 Å². The van der Waals surface area contributed by atoms with E-state index in [4.69, 9.17) is 10.5 Å². The van der Waals surface area contributed by atoms with Crippen LogP contribution in [0.3, 0.4) is 0 Å². The molecule has 6 heteroatoms. The van der Waals surface area contributed by atoms with Crippen LogP contribution >= 0.6 is 15.9 Å². The van der Waals surface area contributed by atoms with Crippen molar-refractivity contribution < 1.29 is 9.13 Å². The molecule has 0 amide bonds. The molecule has 0 bridgehead atoms. The second-order valence-corrected chi connectivity index (χ2v) is 4.51. The van der Waals surface area contributed by atoms with E-state index in [-0.39, 0.29) is 11.8 Å². The molecule has 94 valence electrons. The maximum absolute atomic E-state index is 13.4. The first kappa shape index (κ1) is 12.9. The fraction of sp³-hybridized carbons (Fsp3) is 0.167. The number of halogens is 2. The lowest BCUT2D eigenvalue weighted by Crippen LogP contribution is -2.04. The van der Waals surface area contributed by atoms with Gasteiger partial charge in [0.05, 0.1) is 0 Å².